The number of carbonyl (C=O) groups excluding carboxylic acids is 2. The van der Waals surface area contributed by atoms with Gasteiger partial charge in [0, 0.05) is 12.2 Å². The van der Waals surface area contributed by atoms with Crippen LogP contribution in [-0.2, 0) is 39.8 Å². The van der Waals surface area contributed by atoms with Gasteiger partial charge in [0.2, 0.25) is 5.91 Å². The molecule has 36 heavy (non-hydrogen) atoms. The van der Waals surface area contributed by atoms with Gasteiger partial charge in [-0.2, -0.15) is 0 Å². The second-order valence-corrected chi connectivity index (χ2v) is 8.56. The third kappa shape index (κ3) is 18.6. The van der Waals surface area contributed by atoms with Gasteiger partial charge in [0.1, 0.15) is 12.2 Å². The molecule has 2 amide bonds. The van der Waals surface area contributed by atoms with Crippen molar-refractivity contribution >= 4 is 17.7 Å². The van der Waals surface area contributed by atoms with E-state index in [2.05, 4.69) is 16.6 Å². The summed E-state index contributed by atoms with van der Waals surface area (Å²) in [6.45, 7) is 10.0. The maximum Gasteiger partial charge on any atom is 0.407 e. The topological polar surface area (TPSA) is 114 Å². The number of carbonyl (C=O) groups is 2. The van der Waals surface area contributed by atoms with E-state index < -0.39 is 11.7 Å². The van der Waals surface area contributed by atoms with Gasteiger partial charge in [0.15, 0.2) is 0 Å². The zero-order chi connectivity index (χ0) is 26.5. The fourth-order valence-corrected chi connectivity index (χ4v) is 2.59. The Morgan fingerprint density at radius 1 is 0.806 bits per heavy atom. The number of amides is 2. The number of nitrogens with one attached hydrogen (secondary N) is 2. The minimum atomic E-state index is -0.542. The van der Waals surface area contributed by atoms with Crippen molar-refractivity contribution in [2.24, 2.45) is 0 Å². The smallest absolute Gasteiger partial charge is 0.407 e. The Morgan fingerprint density at radius 3 is 1.81 bits per heavy atom. The fraction of sp³-hybridized carbons (Fsp3) is 0.615. The predicted molar refractivity (Wildman–Crippen MR) is 136 cm³/mol. The number of rotatable bonds is 19. The van der Waals surface area contributed by atoms with Crippen molar-refractivity contribution < 1.29 is 38.0 Å². The van der Waals surface area contributed by atoms with Crippen molar-refractivity contribution in [2.45, 2.75) is 39.3 Å². The third-order valence-electron chi connectivity index (χ3n) is 4.22. The van der Waals surface area contributed by atoms with Gasteiger partial charge in [-0.25, -0.2) is 4.79 Å². The van der Waals surface area contributed by atoms with Crippen LogP contribution < -0.4 is 10.6 Å². The number of anilines is 1. The summed E-state index contributed by atoms with van der Waals surface area (Å²) in [4.78, 5) is 23.8. The molecule has 0 radical (unpaired) electrons. The lowest BCUT2D eigenvalue weighted by molar-refractivity contribution is -0.117. The third-order valence-corrected chi connectivity index (χ3v) is 4.22. The van der Waals surface area contributed by atoms with Gasteiger partial charge >= 0.3 is 6.09 Å². The highest BCUT2D eigenvalue weighted by atomic mass is 16.6. The van der Waals surface area contributed by atoms with E-state index in [0.717, 1.165) is 5.56 Å². The van der Waals surface area contributed by atoms with Crippen LogP contribution in [0.15, 0.2) is 24.3 Å². The minimum absolute atomic E-state index is 0.145. The van der Waals surface area contributed by atoms with Crippen LogP contribution in [0.1, 0.15) is 32.8 Å². The van der Waals surface area contributed by atoms with Crippen molar-refractivity contribution in [1.29, 1.82) is 0 Å². The molecular formula is C26H40N2O8. The Kier molecular flexibility index (Phi) is 17.0. The van der Waals surface area contributed by atoms with Crippen LogP contribution in [-0.4, -0.2) is 83.7 Å². The molecule has 0 fully saturated rings. The molecule has 1 aromatic carbocycles. The Bertz CT molecular complexity index is 772. The van der Waals surface area contributed by atoms with E-state index >= 15 is 0 Å². The number of ether oxygens (including phenoxy) is 6. The SMILES string of the molecule is C#CCOCCOCCOCCOCCOCCC(=O)Nc1ccc(CNC(=O)OC(C)(C)C)cc1. The van der Waals surface area contributed by atoms with Crippen LogP contribution in [0.5, 0.6) is 0 Å². The summed E-state index contributed by atoms with van der Waals surface area (Å²) in [6, 6.07) is 7.22. The van der Waals surface area contributed by atoms with Gasteiger partial charge in [0.05, 0.1) is 65.9 Å². The van der Waals surface area contributed by atoms with Crippen LogP contribution in [0, 0.1) is 12.3 Å². The molecule has 0 aliphatic heterocycles. The van der Waals surface area contributed by atoms with E-state index in [1.807, 2.05) is 32.9 Å². The van der Waals surface area contributed by atoms with Crippen molar-refractivity contribution in [3.05, 3.63) is 29.8 Å². The first-order valence-corrected chi connectivity index (χ1v) is 12.0. The van der Waals surface area contributed by atoms with Crippen molar-refractivity contribution in [3.8, 4) is 12.3 Å². The fourth-order valence-electron chi connectivity index (χ4n) is 2.59. The molecule has 0 spiro atoms. The van der Waals surface area contributed by atoms with Crippen LogP contribution in [0.3, 0.4) is 0 Å². The summed E-state index contributed by atoms with van der Waals surface area (Å²) < 4.78 is 31.8. The molecule has 10 heteroatoms. The van der Waals surface area contributed by atoms with Gasteiger partial charge in [0.25, 0.3) is 0 Å². The van der Waals surface area contributed by atoms with Gasteiger partial charge in [-0.1, -0.05) is 18.1 Å². The first-order chi connectivity index (χ1) is 17.3. The highest BCUT2D eigenvalue weighted by Gasteiger charge is 2.15. The summed E-state index contributed by atoms with van der Waals surface area (Å²) in [5.41, 5.74) is 1.02. The van der Waals surface area contributed by atoms with Crippen LogP contribution in [0.2, 0.25) is 0 Å². The molecule has 10 nitrogen and oxygen atoms in total. The lowest BCUT2D eigenvalue weighted by Crippen LogP contribution is -2.32. The Hall–Kier alpha value is -2.68. The molecule has 0 saturated heterocycles. The van der Waals surface area contributed by atoms with Crippen LogP contribution in [0.25, 0.3) is 0 Å². The largest absolute Gasteiger partial charge is 0.444 e. The monoisotopic (exact) mass is 508 g/mol. The first-order valence-electron chi connectivity index (χ1n) is 12.0. The van der Waals surface area contributed by atoms with Crippen molar-refractivity contribution in [1.82, 2.24) is 5.32 Å². The van der Waals surface area contributed by atoms with E-state index in [-0.39, 0.29) is 12.3 Å². The molecule has 202 valence electrons. The van der Waals surface area contributed by atoms with Crippen molar-refractivity contribution in [2.75, 3.05) is 71.4 Å². The predicted octanol–water partition coefficient (Wildman–Crippen LogP) is 2.76. The molecular weight excluding hydrogens is 468 g/mol. The standard InChI is InChI=1S/C26H40N2O8/c1-5-11-31-13-15-33-17-19-35-20-18-34-16-14-32-12-10-24(29)28-23-8-6-22(7-9-23)21-27-25(30)36-26(2,3)4/h1,6-9H,10-21H2,2-4H3,(H,27,30)(H,28,29). The maximum atomic E-state index is 12.1. The molecule has 0 saturated carbocycles. The van der Waals surface area contributed by atoms with Gasteiger partial charge in [-0.3, -0.25) is 4.79 Å². The highest BCUT2D eigenvalue weighted by Crippen LogP contribution is 2.11. The molecule has 0 heterocycles. The van der Waals surface area contributed by atoms with Crippen LogP contribution >= 0.6 is 0 Å². The average Bonchev–Trinajstić information content (AvgIpc) is 2.82. The Morgan fingerprint density at radius 2 is 1.31 bits per heavy atom. The summed E-state index contributed by atoms with van der Waals surface area (Å²) in [7, 11) is 0. The van der Waals surface area contributed by atoms with Gasteiger partial charge in [-0.15, -0.1) is 6.42 Å². The average molecular weight is 509 g/mol. The summed E-state index contributed by atoms with van der Waals surface area (Å²) in [6.07, 6.45) is 4.83. The first kappa shape index (κ1) is 31.4. The maximum absolute atomic E-state index is 12.1. The Balaban J connectivity index is 1.97. The second kappa shape index (κ2) is 19.5. The molecule has 2 N–H and O–H groups in total. The van der Waals surface area contributed by atoms with E-state index in [0.29, 0.717) is 78.3 Å². The number of alkyl carbamates (subject to hydrolysis) is 1. The molecule has 0 aromatic heterocycles. The number of hydrogen-bond acceptors (Lipinski definition) is 8. The summed E-state index contributed by atoms with van der Waals surface area (Å²) in [5.74, 6) is 2.24. The molecule has 1 rings (SSSR count). The zero-order valence-electron chi connectivity index (χ0n) is 21.6. The number of terminal acetylenes is 1. The molecule has 0 aliphatic rings. The summed E-state index contributed by atoms with van der Waals surface area (Å²) in [5, 5.41) is 5.51. The van der Waals surface area contributed by atoms with E-state index in [1.165, 1.54) is 0 Å². The number of hydrogen-bond donors (Lipinski definition) is 2. The lowest BCUT2D eigenvalue weighted by atomic mass is 10.2. The zero-order valence-corrected chi connectivity index (χ0v) is 21.6. The Labute approximate surface area is 214 Å². The molecule has 0 unspecified atom stereocenters. The molecule has 0 aliphatic carbocycles. The highest BCUT2D eigenvalue weighted by molar-refractivity contribution is 5.90. The molecule has 0 atom stereocenters. The van der Waals surface area contributed by atoms with Crippen LogP contribution in [0.4, 0.5) is 10.5 Å². The van der Waals surface area contributed by atoms with Gasteiger partial charge < -0.3 is 39.1 Å². The lowest BCUT2D eigenvalue weighted by Gasteiger charge is -2.19. The summed E-state index contributed by atoms with van der Waals surface area (Å²) >= 11 is 0. The molecule has 1 aromatic rings. The normalized spacial score (nSPS) is 11.1. The quantitative estimate of drug-likeness (QED) is 0.217. The minimum Gasteiger partial charge on any atom is -0.444 e. The van der Waals surface area contributed by atoms with Crippen molar-refractivity contribution in [3.63, 3.8) is 0 Å². The van der Waals surface area contributed by atoms with E-state index in [1.54, 1.807) is 12.1 Å². The van der Waals surface area contributed by atoms with E-state index in [9.17, 15) is 9.59 Å². The number of benzene rings is 1. The molecule has 0 bridgehead atoms. The second-order valence-electron chi connectivity index (χ2n) is 8.56. The van der Waals surface area contributed by atoms with E-state index in [4.69, 9.17) is 34.8 Å². The van der Waals surface area contributed by atoms with Gasteiger partial charge in [-0.05, 0) is 38.5 Å².